The Balaban J connectivity index is 1.63. The number of carbonyl (C=O) groups excluding carboxylic acids is 1. The molecule has 3 heterocycles. The molecule has 26 heavy (non-hydrogen) atoms. The molecule has 0 radical (unpaired) electrons. The van der Waals surface area contributed by atoms with Gasteiger partial charge in [0.15, 0.2) is 5.82 Å². The SMILES string of the molecule is CN1CCc2nc(-c3[nH]ncc3NC(=O)c3c(F)cccc3F)[nH]c2C1. The van der Waals surface area contributed by atoms with Gasteiger partial charge in [0.1, 0.15) is 22.9 Å². The van der Waals surface area contributed by atoms with Gasteiger partial charge in [0.2, 0.25) is 0 Å². The molecule has 0 unspecified atom stereocenters. The fourth-order valence-corrected chi connectivity index (χ4v) is 3.01. The van der Waals surface area contributed by atoms with E-state index in [1.807, 2.05) is 7.05 Å². The highest BCUT2D eigenvalue weighted by molar-refractivity contribution is 6.06. The van der Waals surface area contributed by atoms with Gasteiger partial charge in [0.25, 0.3) is 5.91 Å². The lowest BCUT2D eigenvalue weighted by Gasteiger charge is -2.20. The minimum absolute atomic E-state index is 0.289. The molecule has 9 heteroatoms. The summed E-state index contributed by atoms with van der Waals surface area (Å²) in [6, 6.07) is 3.27. The lowest BCUT2D eigenvalue weighted by molar-refractivity contribution is 0.101. The zero-order chi connectivity index (χ0) is 18.3. The van der Waals surface area contributed by atoms with Gasteiger partial charge in [-0.05, 0) is 19.2 Å². The number of anilines is 1. The molecule has 0 saturated heterocycles. The summed E-state index contributed by atoms with van der Waals surface area (Å²) in [5, 5.41) is 9.18. The Labute approximate surface area is 147 Å². The van der Waals surface area contributed by atoms with Gasteiger partial charge in [-0.25, -0.2) is 13.8 Å². The second kappa shape index (κ2) is 6.34. The van der Waals surface area contributed by atoms with Crippen molar-refractivity contribution >= 4 is 11.6 Å². The average molecular weight is 358 g/mol. The van der Waals surface area contributed by atoms with Gasteiger partial charge in [-0.2, -0.15) is 5.10 Å². The normalized spacial score (nSPS) is 14.3. The van der Waals surface area contributed by atoms with Crippen molar-refractivity contribution < 1.29 is 13.6 Å². The molecule has 3 aromatic rings. The van der Waals surface area contributed by atoms with E-state index in [9.17, 15) is 13.6 Å². The van der Waals surface area contributed by atoms with Gasteiger partial charge in [-0.1, -0.05) is 6.07 Å². The number of hydrogen-bond donors (Lipinski definition) is 3. The van der Waals surface area contributed by atoms with Crippen LogP contribution >= 0.6 is 0 Å². The molecule has 0 spiro atoms. The predicted octanol–water partition coefficient (Wildman–Crippen LogP) is 2.32. The van der Waals surface area contributed by atoms with Crippen molar-refractivity contribution in [3.63, 3.8) is 0 Å². The first-order valence-corrected chi connectivity index (χ1v) is 8.08. The third-order valence-corrected chi connectivity index (χ3v) is 4.34. The molecular weight excluding hydrogens is 342 g/mol. The summed E-state index contributed by atoms with van der Waals surface area (Å²) >= 11 is 0. The Morgan fingerprint density at radius 2 is 2.08 bits per heavy atom. The number of benzene rings is 1. The zero-order valence-corrected chi connectivity index (χ0v) is 13.9. The first-order chi connectivity index (χ1) is 12.5. The summed E-state index contributed by atoms with van der Waals surface area (Å²) in [5.74, 6) is -2.22. The van der Waals surface area contributed by atoms with Crippen LogP contribution < -0.4 is 5.32 Å². The maximum Gasteiger partial charge on any atom is 0.261 e. The number of carbonyl (C=O) groups is 1. The Hall–Kier alpha value is -3.07. The summed E-state index contributed by atoms with van der Waals surface area (Å²) < 4.78 is 27.6. The summed E-state index contributed by atoms with van der Waals surface area (Å²) in [6.45, 7) is 1.66. The topological polar surface area (TPSA) is 89.7 Å². The van der Waals surface area contributed by atoms with Gasteiger partial charge in [0, 0.05) is 19.5 Å². The number of rotatable bonds is 3. The van der Waals surface area contributed by atoms with Crippen LogP contribution in [-0.2, 0) is 13.0 Å². The van der Waals surface area contributed by atoms with Crippen LogP contribution in [-0.4, -0.2) is 44.6 Å². The van der Waals surface area contributed by atoms with E-state index >= 15 is 0 Å². The van der Waals surface area contributed by atoms with Crippen LogP contribution in [0.5, 0.6) is 0 Å². The van der Waals surface area contributed by atoms with Crippen molar-refractivity contribution in [1.29, 1.82) is 0 Å². The smallest absolute Gasteiger partial charge is 0.261 e. The highest BCUT2D eigenvalue weighted by atomic mass is 19.1. The largest absolute Gasteiger partial charge is 0.339 e. The Morgan fingerprint density at radius 1 is 1.31 bits per heavy atom. The number of fused-ring (bicyclic) bond motifs is 1. The second-order valence-electron chi connectivity index (χ2n) is 6.21. The van der Waals surface area contributed by atoms with E-state index < -0.39 is 23.1 Å². The number of nitrogens with one attached hydrogen (secondary N) is 3. The van der Waals surface area contributed by atoms with E-state index in [1.165, 1.54) is 12.3 Å². The minimum atomic E-state index is -0.927. The lowest BCUT2D eigenvalue weighted by atomic mass is 10.2. The summed E-state index contributed by atoms with van der Waals surface area (Å²) in [7, 11) is 2.02. The quantitative estimate of drug-likeness (QED) is 0.670. The number of aromatic nitrogens is 4. The zero-order valence-electron chi connectivity index (χ0n) is 13.9. The molecule has 0 saturated carbocycles. The van der Waals surface area contributed by atoms with E-state index in [-0.39, 0.29) is 5.69 Å². The molecule has 0 fully saturated rings. The predicted molar refractivity (Wildman–Crippen MR) is 90.5 cm³/mol. The third-order valence-electron chi connectivity index (χ3n) is 4.34. The molecule has 1 aliphatic rings. The van der Waals surface area contributed by atoms with Crippen molar-refractivity contribution in [3.05, 3.63) is 53.0 Å². The highest BCUT2D eigenvalue weighted by Crippen LogP contribution is 2.27. The molecule has 134 valence electrons. The minimum Gasteiger partial charge on any atom is -0.339 e. The standard InChI is InChI=1S/C17H16F2N6O/c1-25-6-5-11-13(8-25)22-16(21-11)15-12(7-20-24-15)23-17(26)14-9(18)3-2-4-10(14)19/h2-4,7H,5-6,8H2,1H3,(H,20,24)(H,21,22)(H,23,26). The van der Waals surface area contributed by atoms with Crippen molar-refractivity contribution in [1.82, 2.24) is 25.1 Å². The van der Waals surface area contributed by atoms with E-state index in [0.29, 0.717) is 11.5 Å². The number of amides is 1. The first kappa shape index (κ1) is 16.4. The van der Waals surface area contributed by atoms with E-state index in [0.717, 1.165) is 43.0 Å². The number of likely N-dealkylation sites (N-methyl/N-ethyl adjacent to an activating group) is 1. The molecule has 7 nitrogen and oxygen atoms in total. The van der Waals surface area contributed by atoms with E-state index in [2.05, 4.69) is 30.4 Å². The van der Waals surface area contributed by atoms with Crippen LogP contribution in [0.4, 0.5) is 14.5 Å². The number of halogens is 2. The molecule has 1 aromatic carbocycles. The van der Waals surface area contributed by atoms with Crippen molar-refractivity contribution in [2.24, 2.45) is 0 Å². The Morgan fingerprint density at radius 3 is 2.85 bits per heavy atom. The summed E-state index contributed by atoms with van der Waals surface area (Å²) in [5.41, 5.74) is 2.06. The molecule has 1 amide bonds. The molecule has 2 aromatic heterocycles. The summed E-state index contributed by atoms with van der Waals surface area (Å²) in [6.07, 6.45) is 2.19. The van der Waals surface area contributed by atoms with Gasteiger partial charge in [0.05, 0.1) is 23.3 Å². The molecule has 1 aliphatic heterocycles. The first-order valence-electron chi connectivity index (χ1n) is 8.08. The third kappa shape index (κ3) is 2.86. The van der Waals surface area contributed by atoms with Gasteiger partial charge in [-0.15, -0.1) is 0 Å². The lowest BCUT2D eigenvalue weighted by Crippen LogP contribution is -2.26. The monoisotopic (exact) mass is 358 g/mol. The fraction of sp³-hybridized carbons (Fsp3) is 0.235. The number of imidazole rings is 1. The van der Waals surface area contributed by atoms with Gasteiger partial charge in [-0.3, -0.25) is 9.89 Å². The maximum atomic E-state index is 13.8. The van der Waals surface area contributed by atoms with Crippen molar-refractivity contribution in [2.75, 3.05) is 18.9 Å². The average Bonchev–Trinajstić information content (AvgIpc) is 3.20. The van der Waals surface area contributed by atoms with Crippen molar-refractivity contribution in [3.8, 4) is 11.5 Å². The molecule has 4 rings (SSSR count). The van der Waals surface area contributed by atoms with Crippen LogP contribution in [0, 0.1) is 11.6 Å². The van der Waals surface area contributed by atoms with Crippen LogP contribution in [0.2, 0.25) is 0 Å². The number of hydrogen-bond acceptors (Lipinski definition) is 4. The molecule has 0 bridgehead atoms. The van der Waals surface area contributed by atoms with Crippen LogP contribution in [0.15, 0.2) is 24.4 Å². The van der Waals surface area contributed by atoms with E-state index in [4.69, 9.17) is 0 Å². The van der Waals surface area contributed by atoms with Crippen molar-refractivity contribution in [2.45, 2.75) is 13.0 Å². The fourth-order valence-electron chi connectivity index (χ4n) is 3.01. The number of H-pyrrole nitrogens is 2. The van der Waals surface area contributed by atoms with Crippen LogP contribution in [0.1, 0.15) is 21.7 Å². The van der Waals surface area contributed by atoms with Gasteiger partial charge < -0.3 is 15.2 Å². The van der Waals surface area contributed by atoms with Crippen LogP contribution in [0.3, 0.4) is 0 Å². The molecule has 0 atom stereocenters. The number of nitrogens with zero attached hydrogens (tertiary/aromatic N) is 3. The summed E-state index contributed by atoms with van der Waals surface area (Å²) in [4.78, 5) is 22.2. The highest BCUT2D eigenvalue weighted by Gasteiger charge is 2.23. The van der Waals surface area contributed by atoms with E-state index in [1.54, 1.807) is 0 Å². The van der Waals surface area contributed by atoms with Crippen LogP contribution in [0.25, 0.3) is 11.5 Å². The number of aromatic amines is 2. The van der Waals surface area contributed by atoms with Gasteiger partial charge >= 0.3 is 0 Å². The second-order valence-corrected chi connectivity index (χ2v) is 6.21. The Kier molecular flexibility index (Phi) is 4.00. The molecular formula is C17H16F2N6O. The molecule has 0 aliphatic carbocycles. The maximum absolute atomic E-state index is 13.8. The Bertz CT molecular complexity index is 959. The molecule has 3 N–H and O–H groups in total.